The summed E-state index contributed by atoms with van der Waals surface area (Å²) < 4.78 is 95.2. The Morgan fingerprint density at radius 1 is 1.28 bits per heavy atom. The molecule has 4 heterocycles. The monoisotopic (exact) mass is 546 g/mol. The van der Waals surface area contributed by atoms with Crippen LogP contribution in [0.2, 0.25) is 0 Å². The van der Waals surface area contributed by atoms with Crippen LogP contribution in [0.3, 0.4) is 0 Å². The highest BCUT2D eigenvalue weighted by Gasteiger charge is 2.49. The summed E-state index contributed by atoms with van der Waals surface area (Å²) in [5, 5.41) is 5.64. The van der Waals surface area contributed by atoms with Gasteiger partial charge in [-0.25, -0.2) is 13.8 Å². The van der Waals surface area contributed by atoms with E-state index in [1.54, 1.807) is 0 Å². The molecule has 0 N–H and O–H groups in total. The first-order chi connectivity index (χ1) is 16.9. The van der Waals surface area contributed by atoms with E-state index >= 15 is 0 Å². The predicted molar refractivity (Wildman–Crippen MR) is 121 cm³/mol. The van der Waals surface area contributed by atoms with E-state index in [4.69, 9.17) is 0 Å². The first-order valence-electron chi connectivity index (χ1n) is 9.99. The zero-order chi connectivity index (χ0) is 26.3. The van der Waals surface area contributed by atoms with Crippen LogP contribution in [0.1, 0.15) is 11.3 Å². The third-order valence-electron chi connectivity index (χ3n) is 5.11. The number of hydrogen-bond acceptors (Lipinski definition) is 7. The Kier molecular flexibility index (Phi) is 6.70. The summed E-state index contributed by atoms with van der Waals surface area (Å²) in [6.07, 6.45) is 2.51. The molecule has 190 valence electrons. The molecule has 0 fully saturated rings. The Bertz CT molecular complexity index is 1520. The molecule has 8 nitrogen and oxygen atoms in total. The lowest BCUT2D eigenvalue weighted by atomic mass is 10.1. The number of carbonyl (C=O) groups is 1. The van der Waals surface area contributed by atoms with E-state index in [1.807, 2.05) is 0 Å². The maximum absolute atomic E-state index is 14.3. The van der Waals surface area contributed by atoms with Crippen LogP contribution in [0.15, 0.2) is 48.4 Å². The molecule has 0 radical (unpaired) electrons. The Morgan fingerprint density at radius 3 is 2.69 bits per heavy atom. The van der Waals surface area contributed by atoms with Crippen molar-refractivity contribution in [3.05, 3.63) is 59.7 Å². The standard InChI is InChI=1S/C21H15F5N4O4S2/c1-2-17(31)29-6-7-30-13(11-29)10-16(28-30)18-15(9-12(23)3-5-22)19-14(4-8-35-19)20(27-18)34-36(32,33)21(24,25)26/h2-5,8-10H,1,6-7,11H2/b5-3+,12-9?. The fraction of sp³-hybridized carbons (Fsp3) is 0.190. The molecule has 0 bridgehead atoms. The Balaban J connectivity index is 1.92. The van der Waals surface area contributed by atoms with Gasteiger partial charge < -0.3 is 9.08 Å². The van der Waals surface area contributed by atoms with Crippen molar-refractivity contribution >= 4 is 43.5 Å². The van der Waals surface area contributed by atoms with Crippen LogP contribution in [0.4, 0.5) is 22.0 Å². The molecule has 0 atom stereocenters. The SMILES string of the molecule is C=CC(=O)N1CCn2nc(-c3nc(OS(=O)(=O)C(F)(F)F)c4ccsc4c3C=C(F)/C=C/F)cc2C1. The highest BCUT2D eigenvalue weighted by molar-refractivity contribution is 7.88. The highest BCUT2D eigenvalue weighted by Crippen LogP contribution is 2.40. The van der Waals surface area contributed by atoms with Crippen molar-refractivity contribution in [2.75, 3.05) is 6.54 Å². The van der Waals surface area contributed by atoms with Gasteiger partial charge in [0.1, 0.15) is 17.2 Å². The van der Waals surface area contributed by atoms with Crippen LogP contribution in [-0.2, 0) is 28.0 Å². The molecule has 0 spiro atoms. The summed E-state index contributed by atoms with van der Waals surface area (Å²) in [6, 6.07) is 2.74. The summed E-state index contributed by atoms with van der Waals surface area (Å²) in [6.45, 7) is 4.15. The van der Waals surface area contributed by atoms with Gasteiger partial charge in [0.2, 0.25) is 11.8 Å². The Hall–Kier alpha value is -3.59. The van der Waals surface area contributed by atoms with Crippen molar-refractivity contribution < 1.29 is 39.3 Å². The lowest BCUT2D eigenvalue weighted by molar-refractivity contribution is -0.127. The predicted octanol–water partition coefficient (Wildman–Crippen LogP) is 4.71. The van der Waals surface area contributed by atoms with Crippen LogP contribution in [0, 0.1) is 0 Å². The molecule has 3 aromatic heterocycles. The third kappa shape index (κ3) is 4.75. The summed E-state index contributed by atoms with van der Waals surface area (Å²) >= 11 is 0.949. The van der Waals surface area contributed by atoms with Crippen LogP contribution < -0.4 is 4.18 Å². The molecule has 1 aliphatic heterocycles. The van der Waals surface area contributed by atoms with Crippen LogP contribution >= 0.6 is 11.3 Å². The number of allylic oxidation sites excluding steroid dienone is 2. The zero-order valence-corrected chi connectivity index (χ0v) is 19.6. The van der Waals surface area contributed by atoms with E-state index in [-0.39, 0.29) is 52.4 Å². The molecule has 3 aromatic rings. The first-order valence-corrected chi connectivity index (χ1v) is 12.3. The largest absolute Gasteiger partial charge is 0.534 e. The number of hydrogen-bond donors (Lipinski definition) is 0. The van der Waals surface area contributed by atoms with Crippen molar-refractivity contribution in [1.82, 2.24) is 19.7 Å². The fourth-order valence-corrected chi connectivity index (χ4v) is 4.84. The van der Waals surface area contributed by atoms with Gasteiger partial charge in [-0.1, -0.05) is 6.58 Å². The van der Waals surface area contributed by atoms with Crippen LogP contribution in [-0.4, -0.2) is 46.0 Å². The lowest BCUT2D eigenvalue weighted by Crippen LogP contribution is -2.37. The number of fused-ring (bicyclic) bond motifs is 2. The molecular weight excluding hydrogens is 531 g/mol. The number of nitrogens with zero attached hydrogens (tertiary/aromatic N) is 4. The maximum Gasteiger partial charge on any atom is 0.534 e. The van der Waals surface area contributed by atoms with Gasteiger partial charge in [0, 0.05) is 22.9 Å². The number of pyridine rings is 1. The van der Waals surface area contributed by atoms with Crippen molar-refractivity contribution in [2.45, 2.75) is 18.6 Å². The summed E-state index contributed by atoms with van der Waals surface area (Å²) in [4.78, 5) is 17.4. The van der Waals surface area contributed by atoms with Gasteiger partial charge >= 0.3 is 15.6 Å². The average molecular weight is 546 g/mol. The third-order valence-corrected chi connectivity index (χ3v) is 7.00. The van der Waals surface area contributed by atoms with E-state index in [0.29, 0.717) is 18.3 Å². The van der Waals surface area contributed by atoms with E-state index < -0.39 is 27.3 Å². The number of rotatable bonds is 6. The Morgan fingerprint density at radius 2 is 2.03 bits per heavy atom. The van der Waals surface area contributed by atoms with Crippen molar-refractivity contribution in [3.63, 3.8) is 0 Å². The fourth-order valence-electron chi connectivity index (χ4n) is 3.51. The number of aromatic nitrogens is 3. The smallest absolute Gasteiger partial charge is 0.355 e. The number of amides is 1. The van der Waals surface area contributed by atoms with Gasteiger partial charge in [0.25, 0.3) is 0 Å². The van der Waals surface area contributed by atoms with E-state index in [9.17, 15) is 35.2 Å². The number of alkyl halides is 3. The molecule has 0 unspecified atom stereocenters. The van der Waals surface area contributed by atoms with Crippen molar-refractivity contribution in [2.24, 2.45) is 0 Å². The minimum atomic E-state index is -6.07. The number of thiophene rings is 1. The molecule has 0 saturated heterocycles. The molecule has 0 aromatic carbocycles. The molecular formula is C21H15F5N4O4S2. The molecule has 15 heteroatoms. The molecule has 1 amide bonds. The van der Waals surface area contributed by atoms with E-state index in [1.165, 1.54) is 27.1 Å². The highest BCUT2D eigenvalue weighted by atomic mass is 32.2. The molecule has 36 heavy (non-hydrogen) atoms. The zero-order valence-electron chi connectivity index (χ0n) is 18.0. The Labute approximate surface area is 204 Å². The van der Waals surface area contributed by atoms with Crippen LogP contribution in [0.25, 0.3) is 27.6 Å². The maximum atomic E-state index is 14.3. The second-order valence-corrected chi connectivity index (χ2v) is 9.81. The summed E-state index contributed by atoms with van der Waals surface area (Å²) in [5.74, 6) is -2.25. The second kappa shape index (κ2) is 9.46. The van der Waals surface area contributed by atoms with Gasteiger partial charge in [-0.05, 0) is 29.7 Å². The number of carbonyl (C=O) groups excluding carboxylic acids is 1. The topological polar surface area (TPSA) is 94.4 Å². The molecule has 1 aliphatic rings. The second-order valence-electron chi connectivity index (χ2n) is 7.36. The van der Waals surface area contributed by atoms with Crippen molar-refractivity contribution in [3.8, 4) is 17.3 Å². The molecule has 0 aliphatic carbocycles. The van der Waals surface area contributed by atoms with E-state index in [0.717, 1.165) is 23.5 Å². The van der Waals surface area contributed by atoms with Crippen molar-refractivity contribution in [1.29, 1.82) is 0 Å². The minimum Gasteiger partial charge on any atom is -0.355 e. The summed E-state index contributed by atoms with van der Waals surface area (Å²) in [5.41, 5.74) is -5.33. The lowest BCUT2D eigenvalue weighted by Gasteiger charge is -2.26. The van der Waals surface area contributed by atoms with Gasteiger partial charge in [-0.3, -0.25) is 9.48 Å². The molecule has 0 saturated carbocycles. The average Bonchev–Trinajstić information content (AvgIpc) is 3.46. The minimum absolute atomic E-state index is 0.0156. The van der Waals surface area contributed by atoms with Crippen LogP contribution in [0.5, 0.6) is 5.88 Å². The van der Waals surface area contributed by atoms with Gasteiger partial charge in [-0.2, -0.15) is 26.7 Å². The quantitative estimate of drug-likeness (QED) is 0.146. The first kappa shape index (κ1) is 25.5. The van der Waals surface area contributed by atoms with Gasteiger partial charge in [0.05, 0.1) is 30.5 Å². The van der Waals surface area contributed by atoms with Gasteiger partial charge in [0.15, 0.2) is 0 Å². The normalized spacial score (nSPS) is 14.9. The van der Waals surface area contributed by atoms with E-state index in [2.05, 4.69) is 20.8 Å². The number of halogens is 5. The van der Waals surface area contributed by atoms with Gasteiger partial charge in [-0.15, -0.1) is 11.3 Å². The molecule has 4 rings (SSSR count). The summed E-state index contributed by atoms with van der Waals surface area (Å²) in [7, 11) is -6.07.